The molecule has 3 aromatic rings. The van der Waals surface area contributed by atoms with E-state index in [9.17, 15) is 4.79 Å². The van der Waals surface area contributed by atoms with E-state index in [1.165, 1.54) is 0 Å². The van der Waals surface area contributed by atoms with Crippen molar-refractivity contribution in [2.24, 2.45) is 0 Å². The van der Waals surface area contributed by atoms with Gasteiger partial charge in [0.25, 0.3) is 5.91 Å². The minimum absolute atomic E-state index is 0.0525. The first kappa shape index (κ1) is 15.7. The Morgan fingerprint density at radius 2 is 2.08 bits per heavy atom. The van der Waals surface area contributed by atoms with Gasteiger partial charge >= 0.3 is 0 Å². The second-order valence-corrected chi connectivity index (χ2v) is 6.72. The normalized spacial score (nSPS) is 16.0. The van der Waals surface area contributed by atoms with Gasteiger partial charge in [0.05, 0.1) is 6.20 Å². The van der Waals surface area contributed by atoms with Gasteiger partial charge < -0.3 is 9.42 Å². The van der Waals surface area contributed by atoms with Crippen LogP contribution in [-0.2, 0) is 0 Å². The zero-order chi connectivity index (χ0) is 17.4. The number of carbonyl (C=O) groups excluding carboxylic acids is 1. The van der Waals surface area contributed by atoms with Crippen molar-refractivity contribution in [3.63, 3.8) is 0 Å². The van der Waals surface area contributed by atoms with E-state index in [2.05, 4.69) is 25.3 Å². The van der Waals surface area contributed by atoms with Crippen molar-refractivity contribution >= 4 is 16.9 Å². The van der Waals surface area contributed by atoms with Crippen LogP contribution in [0.4, 0.5) is 0 Å². The zero-order valence-electron chi connectivity index (χ0n) is 14.3. The van der Waals surface area contributed by atoms with E-state index in [1.807, 2.05) is 24.8 Å². The van der Waals surface area contributed by atoms with Gasteiger partial charge in [-0.3, -0.25) is 9.89 Å². The summed E-state index contributed by atoms with van der Waals surface area (Å²) in [7, 11) is 0. The first-order valence-corrected chi connectivity index (χ1v) is 8.54. The van der Waals surface area contributed by atoms with Gasteiger partial charge in [0.2, 0.25) is 5.89 Å². The molecule has 0 unspecified atom stereocenters. The Kier molecular flexibility index (Phi) is 3.95. The molecule has 8 nitrogen and oxygen atoms in total. The first-order chi connectivity index (χ1) is 12.1. The van der Waals surface area contributed by atoms with Gasteiger partial charge in [-0.05, 0) is 25.0 Å². The van der Waals surface area contributed by atoms with Crippen LogP contribution >= 0.6 is 0 Å². The minimum atomic E-state index is -0.0525. The first-order valence-electron chi connectivity index (χ1n) is 8.54. The fourth-order valence-electron chi connectivity index (χ4n) is 3.08. The molecule has 1 saturated heterocycles. The van der Waals surface area contributed by atoms with Crippen molar-refractivity contribution < 1.29 is 9.32 Å². The molecule has 25 heavy (non-hydrogen) atoms. The van der Waals surface area contributed by atoms with Crippen LogP contribution in [0.3, 0.4) is 0 Å². The Morgan fingerprint density at radius 3 is 2.80 bits per heavy atom. The molecule has 0 aliphatic carbocycles. The summed E-state index contributed by atoms with van der Waals surface area (Å²) in [4.78, 5) is 23.4. The summed E-state index contributed by atoms with van der Waals surface area (Å²) in [5, 5.41) is 11.7. The van der Waals surface area contributed by atoms with Crippen molar-refractivity contribution in [2.45, 2.75) is 38.5 Å². The number of nitrogens with zero attached hydrogens (tertiary/aromatic N) is 5. The number of likely N-dealkylation sites (tertiary alicyclic amines) is 1. The van der Waals surface area contributed by atoms with Crippen molar-refractivity contribution in [2.75, 3.05) is 13.1 Å². The number of fused-ring (bicyclic) bond motifs is 1. The molecule has 0 saturated carbocycles. The number of H-pyrrole nitrogens is 1. The number of aromatic amines is 1. The zero-order valence-corrected chi connectivity index (χ0v) is 14.3. The highest BCUT2D eigenvalue weighted by Gasteiger charge is 2.28. The Balaban J connectivity index is 1.42. The minimum Gasteiger partial charge on any atom is -0.339 e. The molecule has 0 bridgehead atoms. The average molecular weight is 340 g/mol. The second kappa shape index (κ2) is 6.27. The summed E-state index contributed by atoms with van der Waals surface area (Å²) in [6.45, 7) is 5.40. The summed E-state index contributed by atoms with van der Waals surface area (Å²) < 4.78 is 5.40. The van der Waals surface area contributed by atoms with Crippen LogP contribution in [0.2, 0.25) is 0 Å². The number of hydrogen-bond donors (Lipinski definition) is 1. The van der Waals surface area contributed by atoms with Gasteiger partial charge in [-0.25, -0.2) is 4.98 Å². The lowest BCUT2D eigenvalue weighted by Gasteiger charge is -2.30. The van der Waals surface area contributed by atoms with Gasteiger partial charge in [0.1, 0.15) is 5.69 Å². The quantitative estimate of drug-likeness (QED) is 0.786. The number of nitrogens with one attached hydrogen (secondary N) is 1. The summed E-state index contributed by atoms with van der Waals surface area (Å²) >= 11 is 0. The van der Waals surface area contributed by atoms with Gasteiger partial charge in [-0.1, -0.05) is 19.0 Å². The van der Waals surface area contributed by atoms with Crippen LogP contribution in [0.15, 0.2) is 22.9 Å². The molecule has 1 aliphatic rings. The van der Waals surface area contributed by atoms with E-state index in [-0.39, 0.29) is 17.7 Å². The third kappa shape index (κ3) is 2.99. The molecule has 1 N–H and O–H groups in total. The fraction of sp³-hybridized carbons (Fsp3) is 0.471. The Bertz CT molecular complexity index is 891. The number of piperidine rings is 1. The third-order valence-electron chi connectivity index (χ3n) is 4.62. The number of carbonyl (C=O) groups is 1. The van der Waals surface area contributed by atoms with E-state index < -0.39 is 0 Å². The highest BCUT2D eigenvalue weighted by atomic mass is 16.5. The van der Waals surface area contributed by atoms with Crippen molar-refractivity contribution in [1.82, 2.24) is 30.2 Å². The van der Waals surface area contributed by atoms with Crippen molar-refractivity contribution in [1.29, 1.82) is 0 Å². The smallest absolute Gasteiger partial charge is 0.272 e. The molecule has 130 valence electrons. The molecular formula is C17H20N6O2. The Hall–Kier alpha value is -2.77. The van der Waals surface area contributed by atoms with Crippen LogP contribution in [0, 0.1) is 0 Å². The standard InChI is InChI=1S/C17H20N6O2/c1-10(2)14-20-16(25-22-14)11-5-7-23(8-6-11)17(24)13-4-3-12-9-18-21-15(12)19-13/h3-4,9-11H,5-8H2,1-2H3,(H,18,19,21). The van der Waals surface area contributed by atoms with Crippen LogP contribution in [0.1, 0.15) is 60.7 Å². The fourth-order valence-corrected chi connectivity index (χ4v) is 3.08. The summed E-state index contributed by atoms with van der Waals surface area (Å²) in [5.74, 6) is 1.84. The number of hydrogen-bond acceptors (Lipinski definition) is 6. The largest absolute Gasteiger partial charge is 0.339 e. The number of amides is 1. The molecule has 1 fully saturated rings. The third-order valence-corrected chi connectivity index (χ3v) is 4.62. The Morgan fingerprint density at radius 1 is 1.28 bits per heavy atom. The monoisotopic (exact) mass is 340 g/mol. The van der Waals surface area contributed by atoms with E-state index in [1.54, 1.807) is 12.3 Å². The number of aromatic nitrogens is 5. The molecule has 1 aliphatic heterocycles. The molecular weight excluding hydrogens is 320 g/mol. The predicted molar refractivity (Wildman–Crippen MR) is 90.2 cm³/mol. The second-order valence-electron chi connectivity index (χ2n) is 6.72. The summed E-state index contributed by atoms with van der Waals surface area (Å²) in [6.07, 6.45) is 3.33. The van der Waals surface area contributed by atoms with Crippen LogP contribution in [0.5, 0.6) is 0 Å². The van der Waals surface area contributed by atoms with Gasteiger partial charge in [0, 0.05) is 30.3 Å². The molecule has 0 aromatic carbocycles. The SMILES string of the molecule is CC(C)c1noc(C2CCN(C(=O)c3ccc4cn[nH]c4n3)CC2)n1. The van der Waals surface area contributed by atoms with E-state index in [0.717, 1.165) is 24.1 Å². The lowest BCUT2D eigenvalue weighted by Crippen LogP contribution is -2.38. The topological polar surface area (TPSA) is 101 Å². The molecule has 0 radical (unpaired) electrons. The maximum Gasteiger partial charge on any atom is 0.272 e. The van der Waals surface area contributed by atoms with Crippen LogP contribution in [-0.4, -0.2) is 49.2 Å². The summed E-state index contributed by atoms with van der Waals surface area (Å²) in [6, 6.07) is 3.61. The molecule has 0 spiro atoms. The Labute approximate surface area is 144 Å². The maximum atomic E-state index is 12.7. The van der Waals surface area contributed by atoms with Crippen molar-refractivity contribution in [3.8, 4) is 0 Å². The molecule has 0 atom stereocenters. The van der Waals surface area contributed by atoms with Gasteiger partial charge in [0.15, 0.2) is 11.5 Å². The molecule has 3 aromatic heterocycles. The van der Waals surface area contributed by atoms with E-state index in [0.29, 0.717) is 30.3 Å². The predicted octanol–water partition coefficient (Wildman–Crippen LogP) is 2.48. The molecule has 4 rings (SSSR count). The van der Waals surface area contributed by atoms with Crippen LogP contribution < -0.4 is 0 Å². The van der Waals surface area contributed by atoms with Gasteiger partial charge in [-0.2, -0.15) is 10.1 Å². The molecule has 8 heteroatoms. The average Bonchev–Trinajstić information content (AvgIpc) is 3.30. The van der Waals surface area contributed by atoms with Gasteiger partial charge in [-0.15, -0.1) is 0 Å². The lowest BCUT2D eigenvalue weighted by molar-refractivity contribution is 0.0699. The molecule has 4 heterocycles. The lowest BCUT2D eigenvalue weighted by atomic mass is 9.96. The maximum absolute atomic E-state index is 12.7. The highest BCUT2D eigenvalue weighted by molar-refractivity contribution is 5.94. The van der Waals surface area contributed by atoms with Crippen LogP contribution in [0.25, 0.3) is 11.0 Å². The highest BCUT2D eigenvalue weighted by Crippen LogP contribution is 2.28. The van der Waals surface area contributed by atoms with Crippen molar-refractivity contribution in [3.05, 3.63) is 35.7 Å². The van der Waals surface area contributed by atoms with E-state index in [4.69, 9.17) is 4.52 Å². The molecule has 1 amide bonds. The number of pyridine rings is 1. The number of rotatable bonds is 3. The summed E-state index contributed by atoms with van der Waals surface area (Å²) in [5.41, 5.74) is 1.07. The van der Waals surface area contributed by atoms with E-state index >= 15 is 0 Å².